The van der Waals surface area contributed by atoms with Crippen LogP contribution in [0.1, 0.15) is 58.2 Å². The van der Waals surface area contributed by atoms with Crippen molar-refractivity contribution < 1.29 is 4.79 Å². The minimum atomic E-state index is -0.123. The van der Waals surface area contributed by atoms with E-state index in [9.17, 15) is 4.79 Å². The molecule has 0 aliphatic carbocycles. The summed E-state index contributed by atoms with van der Waals surface area (Å²) in [5, 5.41) is 10.0. The van der Waals surface area contributed by atoms with Crippen LogP contribution < -0.4 is 5.32 Å². The fourth-order valence-corrected chi connectivity index (χ4v) is 1.89. The minimum Gasteiger partial charge on any atom is -0.346 e. The van der Waals surface area contributed by atoms with Crippen LogP contribution in [0, 0.1) is 18.8 Å². The third-order valence-corrected chi connectivity index (χ3v) is 3.03. The number of aromatic amines is 1. The second kappa shape index (κ2) is 6.52. The van der Waals surface area contributed by atoms with E-state index in [1.165, 1.54) is 0 Å². The molecule has 1 heterocycles. The van der Waals surface area contributed by atoms with Crippen LogP contribution in [0.2, 0.25) is 0 Å². The molecule has 1 amide bonds. The summed E-state index contributed by atoms with van der Waals surface area (Å²) in [6, 6.07) is -0.123. The summed E-state index contributed by atoms with van der Waals surface area (Å²) in [5.74, 6) is 1.82. The third kappa shape index (κ3) is 3.82. The molecule has 5 heteroatoms. The fourth-order valence-electron chi connectivity index (χ4n) is 1.89. The number of carbonyl (C=O) groups is 1. The smallest absolute Gasteiger partial charge is 0.223 e. The monoisotopic (exact) mass is 252 g/mol. The van der Waals surface area contributed by atoms with Gasteiger partial charge in [-0.25, -0.2) is 4.98 Å². The van der Waals surface area contributed by atoms with E-state index in [-0.39, 0.29) is 23.8 Å². The molecule has 102 valence electrons. The minimum absolute atomic E-state index is 0.0382. The van der Waals surface area contributed by atoms with Crippen LogP contribution in [-0.2, 0) is 4.79 Å². The first-order valence-corrected chi connectivity index (χ1v) is 6.65. The first-order valence-electron chi connectivity index (χ1n) is 6.65. The highest BCUT2D eigenvalue weighted by molar-refractivity contribution is 5.78. The summed E-state index contributed by atoms with van der Waals surface area (Å²) in [5.41, 5.74) is 0. The maximum atomic E-state index is 12.1. The predicted molar refractivity (Wildman–Crippen MR) is 70.9 cm³/mol. The largest absolute Gasteiger partial charge is 0.346 e. The van der Waals surface area contributed by atoms with E-state index in [0.717, 1.165) is 18.7 Å². The molecule has 2 atom stereocenters. The molecule has 0 aliphatic heterocycles. The molecule has 1 aromatic rings. The van der Waals surface area contributed by atoms with Gasteiger partial charge < -0.3 is 5.32 Å². The van der Waals surface area contributed by atoms with Gasteiger partial charge >= 0.3 is 0 Å². The van der Waals surface area contributed by atoms with E-state index in [1.807, 2.05) is 13.8 Å². The summed E-state index contributed by atoms with van der Waals surface area (Å²) < 4.78 is 0. The highest BCUT2D eigenvalue weighted by Crippen LogP contribution is 2.19. The molecule has 1 aromatic heterocycles. The Morgan fingerprint density at radius 3 is 2.50 bits per heavy atom. The van der Waals surface area contributed by atoms with Crippen LogP contribution in [-0.4, -0.2) is 21.1 Å². The summed E-state index contributed by atoms with van der Waals surface area (Å²) in [6.07, 6.45) is 1.92. The lowest BCUT2D eigenvalue weighted by molar-refractivity contribution is -0.125. The summed E-state index contributed by atoms with van der Waals surface area (Å²) in [4.78, 5) is 16.4. The molecule has 0 spiro atoms. The molecule has 2 N–H and O–H groups in total. The Hall–Kier alpha value is -1.39. The Morgan fingerprint density at radius 2 is 2.06 bits per heavy atom. The van der Waals surface area contributed by atoms with Gasteiger partial charge in [0.2, 0.25) is 5.91 Å². The van der Waals surface area contributed by atoms with Crippen molar-refractivity contribution >= 4 is 5.91 Å². The van der Waals surface area contributed by atoms with Gasteiger partial charge in [-0.15, -0.1) is 0 Å². The van der Waals surface area contributed by atoms with Crippen LogP contribution in [0.5, 0.6) is 0 Å². The number of hydrogen-bond donors (Lipinski definition) is 2. The molecular weight excluding hydrogens is 228 g/mol. The van der Waals surface area contributed by atoms with Crippen LogP contribution in [0.4, 0.5) is 0 Å². The molecule has 0 fully saturated rings. The van der Waals surface area contributed by atoms with Crippen LogP contribution in [0.25, 0.3) is 0 Å². The quantitative estimate of drug-likeness (QED) is 0.816. The zero-order valence-electron chi connectivity index (χ0n) is 11.9. The van der Waals surface area contributed by atoms with E-state index < -0.39 is 0 Å². The van der Waals surface area contributed by atoms with Gasteiger partial charge in [-0.2, -0.15) is 5.10 Å². The highest BCUT2D eigenvalue weighted by Gasteiger charge is 2.24. The van der Waals surface area contributed by atoms with Crippen molar-refractivity contribution in [1.82, 2.24) is 20.5 Å². The molecule has 0 aromatic carbocycles. The van der Waals surface area contributed by atoms with Gasteiger partial charge in [-0.05, 0) is 19.3 Å². The molecule has 1 rings (SSSR count). The van der Waals surface area contributed by atoms with Crippen molar-refractivity contribution in [2.24, 2.45) is 11.8 Å². The number of rotatable bonds is 6. The van der Waals surface area contributed by atoms with Gasteiger partial charge in [-0.1, -0.05) is 34.1 Å². The first kappa shape index (κ1) is 14.7. The van der Waals surface area contributed by atoms with Crippen LogP contribution >= 0.6 is 0 Å². The Morgan fingerprint density at radius 1 is 1.39 bits per heavy atom. The van der Waals surface area contributed by atoms with E-state index in [4.69, 9.17) is 0 Å². The first-order chi connectivity index (χ1) is 8.45. The second-order valence-electron chi connectivity index (χ2n) is 5.20. The second-order valence-corrected chi connectivity index (χ2v) is 5.20. The van der Waals surface area contributed by atoms with Crippen LogP contribution in [0.3, 0.4) is 0 Å². The predicted octanol–water partition coefficient (Wildman–Crippen LogP) is 2.36. The average Bonchev–Trinajstić information content (AvgIpc) is 2.72. The van der Waals surface area contributed by atoms with Gasteiger partial charge in [0.15, 0.2) is 5.82 Å². The average molecular weight is 252 g/mol. The van der Waals surface area contributed by atoms with E-state index in [2.05, 4.69) is 41.3 Å². The van der Waals surface area contributed by atoms with E-state index >= 15 is 0 Å². The number of nitrogens with zero attached hydrogens (tertiary/aromatic N) is 2. The van der Waals surface area contributed by atoms with E-state index in [1.54, 1.807) is 0 Å². The highest BCUT2D eigenvalue weighted by atomic mass is 16.1. The van der Waals surface area contributed by atoms with Crippen molar-refractivity contribution in [3.63, 3.8) is 0 Å². The van der Waals surface area contributed by atoms with Gasteiger partial charge in [0.25, 0.3) is 0 Å². The van der Waals surface area contributed by atoms with Gasteiger partial charge in [0.05, 0.1) is 6.04 Å². The topological polar surface area (TPSA) is 70.7 Å². The molecular formula is C13H24N4O. The molecule has 0 saturated heterocycles. The SMILES string of the molecule is CCCC(C)C(=O)NC(c1n[nH]c(C)n1)C(C)C. The molecule has 5 nitrogen and oxygen atoms in total. The molecule has 0 aliphatic rings. The van der Waals surface area contributed by atoms with Crippen molar-refractivity contribution in [2.45, 2.75) is 53.5 Å². The van der Waals surface area contributed by atoms with E-state index in [0.29, 0.717) is 5.82 Å². The number of carbonyl (C=O) groups excluding carboxylic acids is 1. The summed E-state index contributed by atoms with van der Waals surface area (Å²) >= 11 is 0. The lowest BCUT2D eigenvalue weighted by Gasteiger charge is -2.21. The molecule has 18 heavy (non-hydrogen) atoms. The van der Waals surface area contributed by atoms with Crippen molar-refractivity contribution in [2.75, 3.05) is 0 Å². The molecule has 2 unspecified atom stereocenters. The van der Waals surface area contributed by atoms with Gasteiger partial charge in [0, 0.05) is 5.92 Å². The molecule has 0 saturated carbocycles. The number of amides is 1. The van der Waals surface area contributed by atoms with Gasteiger partial charge in [0.1, 0.15) is 5.82 Å². The Bertz CT molecular complexity index is 386. The third-order valence-electron chi connectivity index (χ3n) is 3.03. The number of aryl methyl sites for hydroxylation is 1. The number of nitrogens with one attached hydrogen (secondary N) is 2. The number of hydrogen-bond acceptors (Lipinski definition) is 3. The maximum absolute atomic E-state index is 12.1. The van der Waals surface area contributed by atoms with Gasteiger partial charge in [-0.3, -0.25) is 9.89 Å². The summed E-state index contributed by atoms with van der Waals surface area (Å²) in [7, 11) is 0. The number of H-pyrrole nitrogens is 1. The molecule has 0 radical (unpaired) electrons. The lowest BCUT2D eigenvalue weighted by Crippen LogP contribution is -2.36. The zero-order valence-corrected chi connectivity index (χ0v) is 11.9. The van der Waals surface area contributed by atoms with Crippen molar-refractivity contribution in [1.29, 1.82) is 0 Å². The molecule has 0 bridgehead atoms. The normalized spacial score (nSPS) is 14.6. The van der Waals surface area contributed by atoms with Crippen molar-refractivity contribution in [3.8, 4) is 0 Å². The maximum Gasteiger partial charge on any atom is 0.223 e. The Labute approximate surface area is 109 Å². The number of aromatic nitrogens is 3. The fraction of sp³-hybridized carbons (Fsp3) is 0.769. The van der Waals surface area contributed by atoms with Crippen molar-refractivity contribution in [3.05, 3.63) is 11.6 Å². The zero-order chi connectivity index (χ0) is 13.7. The van der Waals surface area contributed by atoms with Crippen LogP contribution in [0.15, 0.2) is 0 Å². The Balaban J connectivity index is 2.73. The lowest BCUT2D eigenvalue weighted by atomic mass is 10.0. The standard InChI is InChI=1S/C13H24N4O/c1-6-7-9(4)13(18)15-11(8(2)3)12-14-10(5)16-17-12/h8-9,11H,6-7H2,1-5H3,(H,15,18)(H,14,16,17). The Kier molecular flexibility index (Phi) is 5.31. The summed E-state index contributed by atoms with van der Waals surface area (Å²) in [6.45, 7) is 10.0.